The van der Waals surface area contributed by atoms with Crippen molar-refractivity contribution in [1.29, 1.82) is 0 Å². The van der Waals surface area contributed by atoms with Crippen LogP contribution in [0.15, 0.2) is 231 Å². The Bertz CT molecular complexity index is 2650. The molecule has 0 saturated heterocycles. The van der Waals surface area contributed by atoms with Gasteiger partial charge in [0.25, 0.3) is 0 Å². The van der Waals surface area contributed by atoms with E-state index in [4.69, 9.17) is 11.6 Å². The van der Waals surface area contributed by atoms with Gasteiger partial charge in [-0.1, -0.05) is 206 Å². The van der Waals surface area contributed by atoms with E-state index in [1.165, 1.54) is 41.5 Å². The summed E-state index contributed by atoms with van der Waals surface area (Å²) in [5.74, 6) is 0. The van der Waals surface area contributed by atoms with Crippen molar-refractivity contribution in [3.63, 3.8) is 0 Å². The van der Waals surface area contributed by atoms with Crippen LogP contribution >= 0.6 is 11.6 Å². The van der Waals surface area contributed by atoms with Gasteiger partial charge in [0.15, 0.2) is 16.1 Å². The monoisotopic (exact) mass is 820 g/mol. The van der Waals surface area contributed by atoms with Gasteiger partial charge in [-0.3, -0.25) is 0 Å². The topological polar surface area (TPSA) is 6.48 Å². The highest BCUT2D eigenvalue weighted by Crippen LogP contribution is 2.49. The fourth-order valence-corrected chi connectivity index (χ4v) is 20.9. The van der Waals surface area contributed by atoms with Crippen molar-refractivity contribution in [3.05, 3.63) is 241 Å². The van der Waals surface area contributed by atoms with Gasteiger partial charge in [0.2, 0.25) is 0 Å². The van der Waals surface area contributed by atoms with Crippen molar-refractivity contribution in [3.8, 4) is 0 Å². The number of hydrogen-bond donors (Lipinski definition) is 0. The third-order valence-corrected chi connectivity index (χ3v) is 22.8. The molecule has 0 saturated carbocycles. The van der Waals surface area contributed by atoms with Crippen LogP contribution in [0.1, 0.15) is 5.56 Å². The molecule has 0 atom stereocenters. The summed E-state index contributed by atoms with van der Waals surface area (Å²) in [7, 11) is -5.59. The third-order valence-electron chi connectivity index (χ3n) is 12.7. The van der Waals surface area contributed by atoms with E-state index in [-0.39, 0.29) is 0 Å². The lowest BCUT2D eigenvalue weighted by atomic mass is 10.1. The Balaban J connectivity index is 1.18. The first kappa shape index (κ1) is 36.4. The van der Waals surface area contributed by atoms with Gasteiger partial charge in [-0.2, -0.15) is 0 Å². The van der Waals surface area contributed by atoms with E-state index in [1.54, 1.807) is 0 Å². The second-order valence-corrected chi connectivity index (χ2v) is 23.7. The van der Waals surface area contributed by atoms with Gasteiger partial charge >= 0.3 is 0 Å². The van der Waals surface area contributed by atoms with Gasteiger partial charge in [-0.15, -0.1) is 0 Å². The fourth-order valence-electron chi connectivity index (χ4n) is 10.4. The summed E-state index contributed by atoms with van der Waals surface area (Å²) in [6.45, 7) is 2.20. The SMILES string of the molecule is Cc1cc(N2c3ccccc3[Si](c3ccccc3)(c3ccccc3)c3ccccc32)c(Cl)c(N2c3ccccc3[Si](c3ccccc3)(c3ccccc3)c3ccccc32)c1. The Hall–Kier alpha value is -6.70. The van der Waals surface area contributed by atoms with Gasteiger partial charge in [0, 0.05) is 22.7 Å². The molecular weight excluding hydrogens is 780 g/mol. The van der Waals surface area contributed by atoms with Crippen molar-refractivity contribution in [2.75, 3.05) is 9.80 Å². The lowest BCUT2D eigenvalue weighted by Crippen LogP contribution is -2.77. The molecule has 286 valence electrons. The highest BCUT2D eigenvalue weighted by Gasteiger charge is 2.51. The van der Waals surface area contributed by atoms with Crippen molar-refractivity contribution in [1.82, 2.24) is 0 Å². The number of benzene rings is 9. The lowest BCUT2D eigenvalue weighted by molar-refractivity contribution is 1.24. The standard InChI is InChI=1S/C55H41ClN2Si2/c1-40-38-49(57-45-30-14-18-34-51(45)59(41-22-6-2-7-23-41,42-24-8-3-9-25-42)52-35-19-15-31-46(52)57)55(56)50(39-40)58-47-32-16-20-36-53(47)60(43-26-10-4-11-27-43,44-28-12-5-13-29-44)54-37-21-17-33-48(54)58/h2-39H,1H3. The van der Waals surface area contributed by atoms with Crippen LogP contribution in [0, 0.1) is 6.92 Å². The molecule has 0 aromatic heterocycles. The number of hydrogen-bond acceptors (Lipinski definition) is 2. The van der Waals surface area contributed by atoms with Gasteiger partial charge in [0.1, 0.15) is 0 Å². The molecule has 0 spiro atoms. The molecule has 0 unspecified atom stereocenters. The molecule has 60 heavy (non-hydrogen) atoms. The Kier molecular flexibility index (Phi) is 8.82. The van der Waals surface area contributed by atoms with Gasteiger partial charge in [-0.25, -0.2) is 0 Å². The largest absolute Gasteiger partial charge is 0.309 e. The molecule has 11 rings (SSSR count). The summed E-state index contributed by atoms with van der Waals surface area (Å²) in [6, 6.07) is 85.4. The second-order valence-electron chi connectivity index (χ2n) is 15.8. The number of anilines is 6. The molecule has 9 aromatic rings. The van der Waals surface area contributed by atoms with E-state index in [2.05, 4.69) is 247 Å². The van der Waals surface area contributed by atoms with Gasteiger partial charge < -0.3 is 9.80 Å². The lowest BCUT2D eigenvalue weighted by Gasteiger charge is -2.46. The zero-order valence-corrected chi connectivity index (χ0v) is 36.0. The summed E-state index contributed by atoms with van der Waals surface area (Å²) in [5.41, 5.74) is 7.70. The Labute approximate surface area is 359 Å². The molecule has 0 bridgehead atoms. The van der Waals surface area contributed by atoms with Gasteiger partial charge in [-0.05, 0) is 90.4 Å². The Morgan fingerprint density at radius 1 is 0.300 bits per heavy atom. The molecule has 2 heterocycles. The molecular formula is C55H41ClN2Si2. The molecule has 2 nitrogen and oxygen atoms in total. The summed E-state index contributed by atoms with van der Waals surface area (Å²) < 4.78 is 0. The van der Waals surface area contributed by atoms with Crippen LogP contribution in [0.4, 0.5) is 34.1 Å². The van der Waals surface area contributed by atoms with Crippen LogP contribution in [-0.4, -0.2) is 16.1 Å². The average Bonchev–Trinajstić information content (AvgIpc) is 3.32. The van der Waals surface area contributed by atoms with Crippen LogP contribution in [0.3, 0.4) is 0 Å². The highest BCUT2D eigenvalue weighted by molar-refractivity contribution is 7.22. The number of para-hydroxylation sites is 4. The first-order valence-electron chi connectivity index (χ1n) is 20.6. The maximum Gasteiger partial charge on any atom is 0.184 e. The van der Waals surface area contributed by atoms with E-state index in [0.717, 1.165) is 39.7 Å². The normalized spacial score (nSPS) is 14.4. The smallest absolute Gasteiger partial charge is 0.184 e. The van der Waals surface area contributed by atoms with Crippen molar-refractivity contribution < 1.29 is 0 Å². The van der Waals surface area contributed by atoms with Crippen LogP contribution in [-0.2, 0) is 0 Å². The van der Waals surface area contributed by atoms with Crippen molar-refractivity contribution >= 4 is 103 Å². The minimum Gasteiger partial charge on any atom is -0.309 e. The Morgan fingerprint density at radius 3 is 0.800 bits per heavy atom. The molecule has 2 aliphatic rings. The predicted octanol–water partition coefficient (Wildman–Crippen LogP) is 8.97. The van der Waals surface area contributed by atoms with Crippen LogP contribution in [0.25, 0.3) is 0 Å². The first-order chi connectivity index (χ1) is 29.6. The number of halogens is 1. The molecule has 2 aliphatic heterocycles. The second kappa shape index (κ2) is 14.5. The zero-order chi connectivity index (χ0) is 40.3. The molecule has 0 radical (unpaired) electrons. The first-order valence-corrected chi connectivity index (χ1v) is 25.0. The molecule has 9 aromatic carbocycles. The number of fused-ring (bicyclic) bond motifs is 4. The van der Waals surface area contributed by atoms with Crippen molar-refractivity contribution in [2.24, 2.45) is 0 Å². The zero-order valence-electron chi connectivity index (χ0n) is 33.2. The number of aryl methyl sites for hydroxylation is 1. The third kappa shape index (κ3) is 5.25. The summed E-state index contributed by atoms with van der Waals surface area (Å²) in [4.78, 5) is 4.88. The van der Waals surface area contributed by atoms with E-state index >= 15 is 0 Å². The molecule has 0 aliphatic carbocycles. The quantitative estimate of drug-likeness (QED) is 0.155. The summed E-state index contributed by atoms with van der Waals surface area (Å²) in [6.07, 6.45) is 0. The highest BCUT2D eigenvalue weighted by atomic mass is 35.5. The average molecular weight is 822 g/mol. The minimum atomic E-state index is -2.79. The number of nitrogens with zero attached hydrogens (tertiary/aromatic N) is 2. The number of rotatable bonds is 6. The van der Waals surface area contributed by atoms with E-state index in [1.807, 2.05) is 0 Å². The van der Waals surface area contributed by atoms with E-state index in [0.29, 0.717) is 5.02 Å². The van der Waals surface area contributed by atoms with E-state index in [9.17, 15) is 0 Å². The van der Waals surface area contributed by atoms with Crippen LogP contribution < -0.4 is 51.3 Å². The summed E-state index contributed by atoms with van der Waals surface area (Å²) in [5, 5.41) is 11.5. The maximum absolute atomic E-state index is 8.06. The Morgan fingerprint density at radius 2 is 0.533 bits per heavy atom. The maximum atomic E-state index is 8.06. The minimum absolute atomic E-state index is 0.706. The van der Waals surface area contributed by atoms with Crippen LogP contribution in [0.2, 0.25) is 5.02 Å². The molecule has 0 fully saturated rings. The molecule has 5 heteroatoms. The fraction of sp³-hybridized carbons (Fsp3) is 0.0182. The molecule has 0 amide bonds. The summed E-state index contributed by atoms with van der Waals surface area (Å²) >= 11 is 8.06. The molecule has 0 N–H and O–H groups in total. The van der Waals surface area contributed by atoms with E-state index < -0.39 is 16.1 Å². The predicted molar refractivity (Wildman–Crippen MR) is 260 cm³/mol. The van der Waals surface area contributed by atoms with Crippen molar-refractivity contribution in [2.45, 2.75) is 6.92 Å². The van der Waals surface area contributed by atoms with Crippen LogP contribution in [0.5, 0.6) is 0 Å². The van der Waals surface area contributed by atoms with Gasteiger partial charge in [0.05, 0.1) is 16.4 Å².